The van der Waals surface area contributed by atoms with Crippen LogP contribution in [0.25, 0.3) is 0 Å². The first-order valence-corrected chi connectivity index (χ1v) is 9.25. The molecule has 0 unspecified atom stereocenters. The maximum atomic E-state index is 12.9. The van der Waals surface area contributed by atoms with E-state index in [1.165, 1.54) is 0 Å². The quantitative estimate of drug-likeness (QED) is 0.806. The molecule has 2 amide bonds. The van der Waals surface area contributed by atoms with Gasteiger partial charge in [-0.2, -0.15) is 5.10 Å². The molecule has 2 atom stereocenters. The molecule has 0 aromatic carbocycles. The molecule has 0 aliphatic carbocycles. The zero-order valence-electron chi connectivity index (χ0n) is 15.5. The van der Waals surface area contributed by atoms with Crippen LogP contribution in [0.5, 0.6) is 0 Å². The van der Waals surface area contributed by atoms with Crippen molar-refractivity contribution in [1.82, 2.24) is 24.5 Å². The Morgan fingerprint density at radius 1 is 1.20 bits per heavy atom. The first-order chi connectivity index (χ1) is 12.0. The minimum Gasteiger partial charge on any atom is -0.339 e. The zero-order chi connectivity index (χ0) is 18.0. The van der Waals surface area contributed by atoms with Gasteiger partial charge in [0.25, 0.3) is 0 Å². The molecule has 2 aliphatic rings. The number of nitrogens with zero attached hydrogens (tertiary/aromatic N) is 5. The van der Waals surface area contributed by atoms with Crippen molar-refractivity contribution >= 4 is 11.8 Å². The van der Waals surface area contributed by atoms with E-state index in [-0.39, 0.29) is 17.9 Å². The molecule has 138 valence electrons. The number of carbonyl (C=O) groups is 2. The van der Waals surface area contributed by atoms with Crippen molar-refractivity contribution in [3.05, 3.63) is 18.0 Å². The average Bonchev–Trinajstić information content (AvgIpc) is 3.23. The second kappa shape index (κ2) is 7.56. The van der Waals surface area contributed by atoms with Crippen molar-refractivity contribution in [3.8, 4) is 0 Å². The average molecular weight is 347 g/mol. The van der Waals surface area contributed by atoms with Crippen LogP contribution in [-0.2, 0) is 16.1 Å². The van der Waals surface area contributed by atoms with Crippen LogP contribution in [-0.4, -0.2) is 81.1 Å². The first kappa shape index (κ1) is 17.9. The lowest BCUT2D eigenvalue weighted by molar-refractivity contribution is -0.142. The maximum Gasteiger partial charge on any atom is 0.239 e. The summed E-state index contributed by atoms with van der Waals surface area (Å²) in [6.07, 6.45) is 6.17. The number of likely N-dealkylation sites (tertiary alicyclic amines) is 1. The molecule has 2 fully saturated rings. The van der Waals surface area contributed by atoms with Gasteiger partial charge in [-0.1, -0.05) is 0 Å². The number of amides is 2. The highest BCUT2D eigenvalue weighted by Gasteiger charge is 2.35. The van der Waals surface area contributed by atoms with E-state index < -0.39 is 0 Å². The third kappa shape index (κ3) is 4.03. The van der Waals surface area contributed by atoms with Gasteiger partial charge in [0, 0.05) is 45.3 Å². The molecule has 7 nitrogen and oxygen atoms in total. The third-order valence-electron chi connectivity index (χ3n) is 5.47. The monoisotopic (exact) mass is 347 g/mol. The van der Waals surface area contributed by atoms with E-state index in [2.05, 4.69) is 16.2 Å². The predicted octanol–water partition coefficient (Wildman–Crippen LogP) is 0.735. The smallest absolute Gasteiger partial charge is 0.239 e. The topological polar surface area (TPSA) is 61.7 Å². The summed E-state index contributed by atoms with van der Waals surface area (Å²) < 4.78 is 1.99. The van der Waals surface area contributed by atoms with Crippen molar-refractivity contribution in [2.24, 2.45) is 0 Å². The summed E-state index contributed by atoms with van der Waals surface area (Å²) in [5.74, 6) is 0.279. The van der Waals surface area contributed by atoms with Gasteiger partial charge in [0.2, 0.25) is 11.8 Å². The molecule has 25 heavy (non-hydrogen) atoms. The largest absolute Gasteiger partial charge is 0.339 e. The Labute approximate surface area is 149 Å². The van der Waals surface area contributed by atoms with Gasteiger partial charge >= 0.3 is 0 Å². The van der Waals surface area contributed by atoms with E-state index in [1.54, 1.807) is 6.92 Å². The van der Waals surface area contributed by atoms with Crippen LogP contribution in [0.3, 0.4) is 0 Å². The summed E-state index contributed by atoms with van der Waals surface area (Å²) >= 11 is 0. The van der Waals surface area contributed by atoms with Gasteiger partial charge in [-0.3, -0.25) is 19.2 Å². The van der Waals surface area contributed by atoms with E-state index in [4.69, 9.17) is 0 Å². The van der Waals surface area contributed by atoms with E-state index in [1.807, 2.05) is 34.5 Å². The highest BCUT2D eigenvalue weighted by molar-refractivity contribution is 5.82. The van der Waals surface area contributed by atoms with Gasteiger partial charge in [0.05, 0.1) is 18.8 Å². The minimum absolute atomic E-state index is 0.0919. The van der Waals surface area contributed by atoms with Crippen LogP contribution < -0.4 is 0 Å². The Balaban J connectivity index is 1.58. The fraction of sp³-hybridized carbons (Fsp3) is 0.722. The van der Waals surface area contributed by atoms with Crippen molar-refractivity contribution in [2.45, 2.75) is 52.2 Å². The standard InChI is InChI=1S/C18H29N5O2/c1-14-11-19-22(12-14)13-17-5-4-6-23(17)15(2)18(25)21-9-7-20(8-10-21)16(3)24/h11-12,15,17H,4-10,13H2,1-3H3/t15-,17-/m1/s1. The van der Waals surface area contributed by atoms with Crippen LogP contribution in [0.2, 0.25) is 0 Å². The van der Waals surface area contributed by atoms with E-state index in [9.17, 15) is 9.59 Å². The predicted molar refractivity (Wildman–Crippen MR) is 95.0 cm³/mol. The van der Waals surface area contributed by atoms with Crippen LogP contribution in [0.4, 0.5) is 0 Å². The van der Waals surface area contributed by atoms with E-state index >= 15 is 0 Å². The second-order valence-corrected chi connectivity index (χ2v) is 7.28. The molecule has 0 radical (unpaired) electrons. The fourth-order valence-electron chi connectivity index (χ4n) is 3.99. The second-order valence-electron chi connectivity index (χ2n) is 7.28. The van der Waals surface area contributed by atoms with Crippen molar-refractivity contribution in [1.29, 1.82) is 0 Å². The molecule has 7 heteroatoms. The number of carbonyl (C=O) groups excluding carboxylic acids is 2. The van der Waals surface area contributed by atoms with Gasteiger partial charge in [-0.25, -0.2) is 0 Å². The lowest BCUT2D eigenvalue weighted by Gasteiger charge is -2.38. The van der Waals surface area contributed by atoms with E-state index in [0.29, 0.717) is 32.2 Å². The maximum absolute atomic E-state index is 12.9. The highest BCUT2D eigenvalue weighted by atomic mass is 16.2. The number of rotatable bonds is 4. The molecule has 0 spiro atoms. The Hall–Kier alpha value is -1.89. The lowest BCUT2D eigenvalue weighted by Crippen LogP contribution is -2.55. The van der Waals surface area contributed by atoms with Crippen molar-refractivity contribution in [2.75, 3.05) is 32.7 Å². The molecule has 3 heterocycles. The fourth-order valence-corrected chi connectivity index (χ4v) is 3.99. The van der Waals surface area contributed by atoms with Gasteiger partial charge < -0.3 is 9.80 Å². The summed E-state index contributed by atoms with van der Waals surface area (Å²) in [6, 6.07) is 0.241. The van der Waals surface area contributed by atoms with Gasteiger partial charge in [-0.15, -0.1) is 0 Å². The lowest BCUT2D eigenvalue weighted by atomic mass is 10.1. The molecule has 1 aromatic rings. The van der Waals surface area contributed by atoms with Crippen LogP contribution in [0, 0.1) is 6.92 Å². The molecular formula is C18H29N5O2. The summed E-state index contributed by atoms with van der Waals surface area (Å²) in [4.78, 5) is 30.4. The Morgan fingerprint density at radius 2 is 1.88 bits per heavy atom. The zero-order valence-corrected chi connectivity index (χ0v) is 15.5. The highest BCUT2D eigenvalue weighted by Crippen LogP contribution is 2.23. The molecule has 0 saturated carbocycles. The summed E-state index contributed by atoms with van der Waals surface area (Å²) in [5, 5.41) is 4.39. The van der Waals surface area contributed by atoms with Crippen LogP contribution in [0.15, 0.2) is 12.4 Å². The Bertz CT molecular complexity index is 621. The minimum atomic E-state index is -0.118. The Kier molecular flexibility index (Phi) is 5.42. The Morgan fingerprint density at radius 3 is 2.48 bits per heavy atom. The van der Waals surface area contributed by atoms with Crippen LogP contribution >= 0.6 is 0 Å². The summed E-state index contributed by atoms with van der Waals surface area (Å²) in [5.41, 5.74) is 1.16. The first-order valence-electron chi connectivity index (χ1n) is 9.25. The van der Waals surface area contributed by atoms with Crippen molar-refractivity contribution < 1.29 is 9.59 Å². The molecule has 3 rings (SSSR count). The number of piperazine rings is 1. The molecular weight excluding hydrogens is 318 g/mol. The van der Waals surface area contributed by atoms with E-state index in [0.717, 1.165) is 31.5 Å². The van der Waals surface area contributed by atoms with Crippen LogP contribution in [0.1, 0.15) is 32.3 Å². The molecule has 0 bridgehead atoms. The molecule has 1 aromatic heterocycles. The normalized spacial score (nSPS) is 23.1. The van der Waals surface area contributed by atoms with Gasteiger partial charge in [-0.05, 0) is 38.8 Å². The number of hydrogen-bond donors (Lipinski definition) is 0. The molecule has 2 saturated heterocycles. The summed E-state index contributed by atoms with van der Waals surface area (Å²) in [7, 11) is 0. The number of aromatic nitrogens is 2. The third-order valence-corrected chi connectivity index (χ3v) is 5.47. The number of hydrogen-bond acceptors (Lipinski definition) is 4. The number of aryl methyl sites for hydroxylation is 1. The summed E-state index contributed by atoms with van der Waals surface area (Å²) in [6.45, 7) is 10.0. The molecule has 0 N–H and O–H groups in total. The van der Waals surface area contributed by atoms with Crippen molar-refractivity contribution in [3.63, 3.8) is 0 Å². The van der Waals surface area contributed by atoms with Gasteiger partial charge in [0.1, 0.15) is 0 Å². The molecule has 2 aliphatic heterocycles. The van der Waals surface area contributed by atoms with Gasteiger partial charge in [0.15, 0.2) is 0 Å². The SMILES string of the molecule is CC(=O)N1CCN(C(=O)[C@@H](C)N2CCC[C@@H]2Cn2cc(C)cn2)CC1.